The minimum Gasteiger partial charge on any atom is -0.394 e. The zero-order chi connectivity index (χ0) is 15.6. The van der Waals surface area contributed by atoms with Crippen LogP contribution >= 0.6 is 0 Å². The molecule has 1 atom stereocenters. The summed E-state index contributed by atoms with van der Waals surface area (Å²) in [7, 11) is 0. The van der Waals surface area contributed by atoms with E-state index >= 15 is 0 Å². The van der Waals surface area contributed by atoms with Crippen molar-refractivity contribution in [3.63, 3.8) is 0 Å². The van der Waals surface area contributed by atoms with Crippen LogP contribution in [0.15, 0.2) is 12.1 Å². The number of hydrogen-bond acceptors (Lipinski definition) is 4. The van der Waals surface area contributed by atoms with Gasteiger partial charge in [-0.3, -0.25) is 0 Å². The lowest BCUT2D eigenvalue weighted by molar-refractivity contribution is -0.138. The molecule has 110 valence electrons. The predicted octanol–water partition coefficient (Wildman–Crippen LogP) is 2.79. The molecule has 2 N–H and O–H groups in total. The Balaban J connectivity index is 3.09. The van der Waals surface area contributed by atoms with E-state index in [1.807, 2.05) is 20.8 Å². The second kappa shape index (κ2) is 5.67. The summed E-state index contributed by atoms with van der Waals surface area (Å²) in [5, 5.41) is 20.9. The number of aromatic nitrogens is 1. The highest BCUT2D eigenvalue weighted by atomic mass is 19.4. The molecule has 0 amide bonds. The van der Waals surface area contributed by atoms with Crippen LogP contribution in [-0.4, -0.2) is 22.7 Å². The summed E-state index contributed by atoms with van der Waals surface area (Å²) >= 11 is 0. The number of rotatable bonds is 3. The van der Waals surface area contributed by atoms with Crippen LogP contribution in [0.25, 0.3) is 0 Å². The molecule has 0 saturated carbocycles. The van der Waals surface area contributed by atoms with E-state index in [-0.39, 0.29) is 17.8 Å². The Morgan fingerprint density at radius 3 is 2.35 bits per heavy atom. The molecule has 20 heavy (non-hydrogen) atoms. The van der Waals surface area contributed by atoms with E-state index in [2.05, 4.69) is 10.3 Å². The summed E-state index contributed by atoms with van der Waals surface area (Å²) in [5.41, 5.74) is -2.07. The standard InChI is InChI=1S/C13H16F3N3O/c1-12(2,3)10(7-20)19-11-5-4-8(13(14,15)16)9(6-17)18-11/h4-5,10,20H,7H2,1-3H3,(H,18,19). The molecule has 4 nitrogen and oxygen atoms in total. The van der Waals surface area contributed by atoms with Crippen molar-refractivity contribution in [3.05, 3.63) is 23.4 Å². The Morgan fingerprint density at radius 2 is 1.95 bits per heavy atom. The van der Waals surface area contributed by atoms with Gasteiger partial charge in [0.15, 0.2) is 5.69 Å². The first kappa shape index (κ1) is 16.2. The van der Waals surface area contributed by atoms with Crippen LogP contribution in [0, 0.1) is 16.7 Å². The van der Waals surface area contributed by atoms with Gasteiger partial charge in [0.05, 0.1) is 18.2 Å². The lowest BCUT2D eigenvalue weighted by Crippen LogP contribution is -2.37. The average molecular weight is 287 g/mol. The molecule has 0 bridgehead atoms. The maximum absolute atomic E-state index is 12.6. The van der Waals surface area contributed by atoms with E-state index in [1.165, 1.54) is 6.07 Å². The molecule has 0 aromatic carbocycles. The topological polar surface area (TPSA) is 68.9 Å². The molecular formula is C13H16F3N3O. The van der Waals surface area contributed by atoms with Gasteiger partial charge in [-0.05, 0) is 17.5 Å². The normalized spacial score (nSPS) is 13.7. The highest BCUT2D eigenvalue weighted by Gasteiger charge is 2.34. The van der Waals surface area contributed by atoms with Gasteiger partial charge in [-0.2, -0.15) is 18.4 Å². The molecule has 0 aliphatic rings. The molecule has 0 aliphatic heterocycles. The van der Waals surface area contributed by atoms with Gasteiger partial charge in [0, 0.05) is 0 Å². The van der Waals surface area contributed by atoms with Gasteiger partial charge >= 0.3 is 6.18 Å². The number of nitrogens with zero attached hydrogens (tertiary/aromatic N) is 2. The van der Waals surface area contributed by atoms with Gasteiger partial charge in [-0.15, -0.1) is 0 Å². The maximum Gasteiger partial charge on any atom is 0.419 e. The van der Waals surface area contributed by atoms with E-state index in [4.69, 9.17) is 5.26 Å². The van der Waals surface area contributed by atoms with Crippen molar-refractivity contribution in [2.24, 2.45) is 5.41 Å². The molecule has 0 spiro atoms. The fourth-order valence-electron chi connectivity index (χ4n) is 1.57. The summed E-state index contributed by atoms with van der Waals surface area (Å²) in [6.07, 6.45) is -4.61. The minimum atomic E-state index is -4.61. The molecule has 1 aromatic heterocycles. The van der Waals surface area contributed by atoms with Gasteiger partial charge in [-0.1, -0.05) is 20.8 Å². The van der Waals surface area contributed by atoms with Gasteiger partial charge in [0.1, 0.15) is 11.9 Å². The van der Waals surface area contributed by atoms with Crippen LogP contribution < -0.4 is 5.32 Å². The Kier molecular flexibility index (Phi) is 4.61. The molecule has 1 unspecified atom stereocenters. The van der Waals surface area contributed by atoms with E-state index in [1.54, 1.807) is 0 Å². The van der Waals surface area contributed by atoms with Crippen LogP contribution in [0.5, 0.6) is 0 Å². The van der Waals surface area contributed by atoms with Crippen molar-refractivity contribution in [1.29, 1.82) is 5.26 Å². The Hall–Kier alpha value is -1.81. The monoisotopic (exact) mass is 287 g/mol. The van der Waals surface area contributed by atoms with Crippen LogP contribution in [0.1, 0.15) is 32.0 Å². The largest absolute Gasteiger partial charge is 0.419 e. The molecular weight excluding hydrogens is 271 g/mol. The number of pyridine rings is 1. The van der Waals surface area contributed by atoms with Crippen LogP contribution in [-0.2, 0) is 6.18 Å². The highest BCUT2D eigenvalue weighted by Crippen LogP contribution is 2.32. The van der Waals surface area contributed by atoms with Gasteiger partial charge < -0.3 is 10.4 Å². The molecule has 0 radical (unpaired) electrons. The van der Waals surface area contributed by atoms with Crippen molar-refractivity contribution in [1.82, 2.24) is 4.98 Å². The third-order valence-corrected chi connectivity index (χ3v) is 2.86. The third kappa shape index (κ3) is 3.84. The van der Waals surface area contributed by atoms with Crippen molar-refractivity contribution in [2.75, 3.05) is 11.9 Å². The second-order valence-corrected chi connectivity index (χ2v) is 5.45. The second-order valence-electron chi connectivity index (χ2n) is 5.45. The number of aliphatic hydroxyl groups is 1. The lowest BCUT2D eigenvalue weighted by Gasteiger charge is -2.30. The third-order valence-electron chi connectivity index (χ3n) is 2.86. The van der Waals surface area contributed by atoms with Crippen molar-refractivity contribution >= 4 is 5.82 Å². The number of alkyl halides is 3. The Bertz CT molecular complexity index is 515. The molecule has 0 fully saturated rings. The zero-order valence-corrected chi connectivity index (χ0v) is 11.4. The van der Waals surface area contributed by atoms with E-state index in [9.17, 15) is 18.3 Å². The van der Waals surface area contributed by atoms with Gasteiger partial charge in [-0.25, -0.2) is 4.98 Å². The highest BCUT2D eigenvalue weighted by molar-refractivity contribution is 5.45. The smallest absolute Gasteiger partial charge is 0.394 e. The summed E-state index contributed by atoms with van der Waals surface area (Å²) in [6, 6.07) is 3.01. The fraction of sp³-hybridized carbons (Fsp3) is 0.538. The molecule has 1 heterocycles. The van der Waals surface area contributed by atoms with Crippen LogP contribution in [0.3, 0.4) is 0 Å². The van der Waals surface area contributed by atoms with E-state index in [0.717, 1.165) is 12.1 Å². The van der Waals surface area contributed by atoms with E-state index in [0.29, 0.717) is 0 Å². The number of nitriles is 1. The fourth-order valence-corrected chi connectivity index (χ4v) is 1.57. The van der Waals surface area contributed by atoms with Crippen LogP contribution in [0.2, 0.25) is 0 Å². The number of halogens is 3. The first-order valence-corrected chi connectivity index (χ1v) is 5.95. The number of hydrogen-bond donors (Lipinski definition) is 2. The molecule has 7 heteroatoms. The number of aliphatic hydroxyl groups excluding tert-OH is 1. The van der Waals surface area contributed by atoms with Gasteiger partial charge in [0.2, 0.25) is 0 Å². The number of anilines is 1. The lowest BCUT2D eigenvalue weighted by atomic mass is 9.87. The maximum atomic E-state index is 12.6. The predicted molar refractivity (Wildman–Crippen MR) is 67.9 cm³/mol. The first-order valence-electron chi connectivity index (χ1n) is 5.95. The Morgan fingerprint density at radius 1 is 1.35 bits per heavy atom. The van der Waals surface area contributed by atoms with Gasteiger partial charge in [0.25, 0.3) is 0 Å². The Labute approximate surface area is 115 Å². The first-order chi connectivity index (χ1) is 9.09. The number of nitrogens with one attached hydrogen (secondary N) is 1. The molecule has 0 aliphatic carbocycles. The quantitative estimate of drug-likeness (QED) is 0.897. The summed E-state index contributed by atoms with van der Waals surface area (Å²) in [4.78, 5) is 3.66. The zero-order valence-electron chi connectivity index (χ0n) is 11.4. The van der Waals surface area contributed by atoms with Crippen LogP contribution in [0.4, 0.5) is 19.0 Å². The molecule has 0 saturated heterocycles. The molecule has 1 rings (SSSR count). The summed E-state index contributed by atoms with van der Waals surface area (Å²) in [5.74, 6) is 0.128. The average Bonchev–Trinajstić information content (AvgIpc) is 2.32. The minimum absolute atomic E-state index is 0.128. The van der Waals surface area contributed by atoms with Crippen molar-refractivity contribution in [3.8, 4) is 6.07 Å². The SMILES string of the molecule is CC(C)(C)C(CO)Nc1ccc(C(F)(F)F)c(C#N)n1. The van der Waals surface area contributed by atoms with Crippen molar-refractivity contribution in [2.45, 2.75) is 33.0 Å². The summed E-state index contributed by atoms with van der Waals surface area (Å²) in [6.45, 7) is 5.41. The van der Waals surface area contributed by atoms with E-state index < -0.39 is 23.5 Å². The van der Waals surface area contributed by atoms with Crippen molar-refractivity contribution < 1.29 is 18.3 Å². The summed E-state index contributed by atoms with van der Waals surface area (Å²) < 4.78 is 37.9. The molecule has 1 aromatic rings.